The summed E-state index contributed by atoms with van der Waals surface area (Å²) in [7, 11) is -4.27. The van der Waals surface area contributed by atoms with Crippen molar-refractivity contribution < 1.29 is 22.5 Å². The molecule has 0 saturated carbocycles. The minimum absolute atomic E-state index is 0.00116. The van der Waals surface area contributed by atoms with Crippen LogP contribution in [-0.2, 0) is 27.2 Å². The highest BCUT2D eigenvalue weighted by Crippen LogP contribution is 2.23. The Balaban J connectivity index is 1.61. The minimum atomic E-state index is -4.27. The minimum Gasteiger partial charge on any atom is -0.467 e. The van der Waals surface area contributed by atoms with Gasteiger partial charge in [-0.1, -0.05) is 23.7 Å². The van der Waals surface area contributed by atoms with E-state index in [1.165, 1.54) is 12.3 Å². The summed E-state index contributed by atoms with van der Waals surface area (Å²) in [5, 5.41) is 0.700. The smallest absolute Gasteiger partial charge is 0.269 e. The second-order valence-electron chi connectivity index (χ2n) is 7.93. The third kappa shape index (κ3) is 6.89. The van der Waals surface area contributed by atoms with Crippen LogP contribution in [0.3, 0.4) is 0 Å². The standard InChI is InChI=1S/C21H25BrClN3O5S/c1-14-10-26(15(2)9-25(14)11-16-3-5-19(23)6-4-16)20(27)12-31-21-17(13-32(28,29)30)7-18(22)8-24-21/h3-8,14-15H,9-13H2,1-2H3,(H,28,29,30)/t14-,15+/m0/s1. The molecule has 32 heavy (non-hydrogen) atoms. The monoisotopic (exact) mass is 545 g/mol. The molecule has 11 heteroatoms. The molecule has 3 rings (SSSR count). The van der Waals surface area contributed by atoms with Crippen LogP contribution in [0.15, 0.2) is 41.0 Å². The molecule has 1 aliphatic heterocycles. The quantitative estimate of drug-likeness (QED) is 0.532. The molecule has 8 nitrogen and oxygen atoms in total. The molecule has 1 N–H and O–H groups in total. The summed E-state index contributed by atoms with van der Waals surface area (Å²) in [6.45, 7) is 5.80. The molecule has 2 aromatic rings. The Bertz CT molecular complexity index is 1070. The largest absolute Gasteiger partial charge is 0.467 e. The van der Waals surface area contributed by atoms with Crippen molar-refractivity contribution in [2.75, 3.05) is 19.7 Å². The van der Waals surface area contributed by atoms with Crippen LogP contribution in [0.5, 0.6) is 5.88 Å². The van der Waals surface area contributed by atoms with Crippen molar-refractivity contribution in [3.8, 4) is 5.88 Å². The van der Waals surface area contributed by atoms with Crippen LogP contribution in [0.2, 0.25) is 5.02 Å². The summed E-state index contributed by atoms with van der Waals surface area (Å²) < 4.78 is 37.8. The Morgan fingerprint density at radius 3 is 2.59 bits per heavy atom. The van der Waals surface area contributed by atoms with Gasteiger partial charge in [-0.3, -0.25) is 14.2 Å². The van der Waals surface area contributed by atoms with E-state index in [4.69, 9.17) is 20.9 Å². The second-order valence-corrected chi connectivity index (χ2v) is 10.7. The summed E-state index contributed by atoms with van der Waals surface area (Å²) in [6.07, 6.45) is 1.44. The van der Waals surface area contributed by atoms with Gasteiger partial charge in [0.15, 0.2) is 6.61 Å². The molecule has 0 radical (unpaired) electrons. The van der Waals surface area contributed by atoms with E-state index in [9.17, 15) is 13.2 Å². The van der Waals surface area contributed by atoms with Crippen LogP contribution in [0.4, 0.5) is 0 Å². The Labute approximate surface area is 201 Å². The number of carbonyl (C=O) groups excluding carboxylic acids is 1. The maximum atomic E-state index is 12.9. The van der Waals surface area contributed by atoms with Crippen LogP contribution < -0.4 is 4.74 Å². The van der Waals surface area contributed by atoms with E-state index >= 15 is 0 Å². The fourth-order valence-electron chi connectivity index (χ4n) is 3.70. The zero-order valence-corrected chi connectivity index (χ0v) is 20.9. The number of nitrogens with zero attached hydrogens (tertiary/aromatic N) is 3. The normalized spacial score (nSPS) is 19.7. The van der Waals surface area contributed by atoms with Gasteiger partial charge in [-0.2, -0.15) is 8.42 Å². The van der Waals surface area contributed by atoms with Crippen LogP contribution >= 0.6 is 27.5 Å². The van der Waals surface area contributed by atoms with Gasteiger partial charge in [-0.25, -0.2) is 4.98 Å². The van der Waals surface area contributed by atoms with E-state index in [-0.39, 0.29) is 36.0 Å². The Kier molecular flexibility index (Phi) is 8.16. The van der Waals surface area contributed by atoms with Crippen LogP contribution in [0.25, 0.3) is 0 Å². The molecule has 1 saturated heterocycles. The number of benzene rings is 1. The van der Waals surface area contributed by atoms with Crippen molar-refractivity contribution in [3.05, 3.63) is 57.2 Å². The Hall–Kier alpha value is -1.72. The molecular weight excluding hydrogens is 522 g/mol. The number of hydrogen-bond donors (Lipinski definition) is 1. The third-order valence-corrected chi connectivity index (χ3v) is 6.66. The van der Waals surface area contributed by atoms with Gasteiger partial charge in [0, 0.05) is 53.0 Å². The number of aromatic nitrogens is 1. The number of piperazine rings is 1. The van der Waals surface area contributed by atoms with Gasteiger partial charge >= 0.3 is 0 Å². The maximum absolute atomic E-state index is 12.9. The van der Waals surface area contributed by atoms with E-state index < -0.39 is 15.9 Å². The summed E-state index contributed by atoms with van der Waals surface area (Å²) in [5.41, 5.74) is 1.33. The van der Waals surface area contributed by atoms with Gasteiger partial charge < -0.3 is 9.64 Å². The molecule has 0 aliphatic carbocycles. The fraction of sp³-hybridized carbons (Fsp3) is 0.429. The first kappa shape index (κ1) is 24.9. The summed E-state index contributed by atoms with van der Waals surface area (Å²) in [4.78, 5) is 21.0. The van der Waals surface area contributed by atoms with Gasteiger partial charge in [0.05, 0.1) is 0 Å². The number of halogens is 2. The van der Waals surface area contributed by atoms with Crippen molar-refractivity contribution in [2.45, 2.75) is 38.2 Å². The van der Waals surface area contributed by atoms with Gasteiger partial charge in [-0.05, 0) is 53.5 Å². The van der Waals surface area contributed by atoms with E-state index in [1.54, 1.807) is 4.90 Å². The lowest BCUT2D eigenvalue weighted by atomic mass is 10.1. The number of carbonyl (C=O) groups is 1. The summed E-state index contributed by atoms with van der Waals surface area (Å²) in [6, 6.07) is 9.35. The molecular formula is C21H25BrClN3O5S. The first-order chi connectivity index (χ1) is 15.0. The van der Waals surface area contributed by atoms with E-state index in [0.29, 0.717) is 22.6 Å². The van der Waals surface area contributed by atoms with Gasteiger partial charge in [0.2, 0.25) is 5.88 Å². The molecule has 1 aromatic carbocycles. The lowest BCUT2D eigenvalue weighted by molar-refractivity contribution is -0.139. The first-order valence-corrected chi connectivity index (χ1v) is 12.8. The van der Waals surface area contributed by atoms with Gasteiger partial charge in [0.1, 0.15) is 5.75 Å². The van der Waals surface area contributed by atoms with Gasteiger partial charge in [0.25, 0.3) is 16.0 Å². The van der Waals surface area contributed by atoms with E-state index in [0.717, 1.165) is 12.1 Å². The highest BCUT2D eigenvalue weighted by molar-refractivity contribution is 9.10. The van der Waals surface area contributed by atoms with Crippen LogP contribution in [-0.4, -0.2) is 65.4 Å². The molecule has 2 heterocycles. The lowest BCUT2D eigenvalue weighted by Crippen LogP contribution is -2.58. The molecule has 0 bridgehead atoms. The van der Waals surface area contributed by atoms with E-state index in [2.05, 4.69) is 32.7 Å². The molecule has 1 aromatic heterocycles. The first-order valence-electron chi connectivity index (χ1n) is 10.0. The molecule has 0 spiro atoms. The van der Waals surface area contributed by atoms with E-state index in [1.807, 2.05) is 31.2 Å². The molecule has 1 aliphatic rings. The Morgan fingerprint density at radius 2 is 1.94 bits per heavy atom. The second kappa shape index (κ2) is 10.5. The summed E-state index contributed by atoms with van der Waals surface area (Å²) in [5.74, 6) is -0.862. The van der Waals surface area contributed by atoms with Crippen molar-refractivity contribution in [3.63, 3.8) is 0 Å². The van der Waals surface area contributed by atoms with Gasteiger partial charge in [-0.15, -0.1) is 0 Å². The highest BCUT2D eigenvalue weighted by Gasteiger charge is 2.32. The van der Waals surface area contributed by atoms with Crippen molar-refractivity contribution in [1.82, 2.24) is 14.8 Å². The zero-order valence-electron chi connectivity index (χ0n) is 17.7. The predicted octanol–water partition coefficient (Wildman–Crippen LogP) is 3.39. The number of ether oxygens (including phenoxy) is 1. The average Bonchev–Trinajstić information content (AvgIpc) is 2.70. The predicted molar refractivity (Wildman–Crippen MR) is 125 cm³/mol. The number of pyridine rings is 1. The van der Waals surface area contributed by atoms with Crippen molar-refractivity contribution >= 4 is 43.6 Å². The average molecular weight is 547 g/mol. The maximum Gasteiger partial charge on any atom is 0.269 e. The third-order valence-electron chi connectivity index (χ3n) is 5.30. The number of amides is 1. The van der Waals surface area contributed by atoms with Crippen molar-refractivity contribution in [1.29, 1.82) is 0 Å². The number of rotatable bonds is 7. The van der Waals surface area contributed by atoms with Crippen LogP contribution in [0.1, 0.15) is 25.0 Å². The molecule has 1 fully saturated rings. The van der Waals surface area contributed by atoms with Crippen molar-refractivity contribution in [2.24, 2.45) is 0 Å². The lowest BCUT2D eigenvalue weighted by Gasteiger charge is -2.44. The summed E-state index contributed by atoms with van der Waals surface area (Å²) >= 11 is 9.18. The number of hydrogen-bond acceptors (Lipinski definition) is 6. The topological polar surface area (TPSA) is 100 Å². The highest BCUT2D eigenvalue weighted by atomic mass is 79.9. The fourth-order valence-corrected chi connectivity index (χ4v) is 4.81. The zero-order chi connectivity index (χ0) is 23.5. The SMILES string of the molecule is C[C@@H]1CN(Cc2ccc(Cl)cc2)[C@@H](C)CN1C(=O)COc1ncc(Br)cc1CS(=O)(=O)O. The molecule has 0 unspecified atom stereocenters. The molecule has 2 atom stereocenters. The van der Waals surface area contributed by atoms with Crippen LogP contribution in [0, 0.1) is 0 Å². The molecule has 174 valence electrons. The molecule has 1 amide bonds. The Morgan fingerprint density at radius 1 is 1.25 bits per heavy atom.